The van der Waals surface area contributed by atoms with E-state index < -0.39 is 11.9 Å². The van der Waals surface area contributed by atoms with Crippen LogP contribution in [0.5, 0.6) is 0 Å². The molecule has 0 radical (unpaired) electrons. The van der Waals surface area contributed by atoms with Gasteiger partial charge in [0.2, 0.25) is 5.95 Å². The average Bonchev–Trinajstić information content (AvgIpc) is 2.41. The number of nitrogens with one attached hydrogen (secondary N) is 2. The number of alkyl halides is 3. The molecule has 0 saturated heterocycles. The van der Waals surface area contributed by atoms with Gasteiger partial charge in [0, 0.05) is 33.4 Å². The van der Waals surface area contributed by atoms with Crippen molar-refractivity contribution in [2.45, 2.75) is 25.4 Å². The van der Waals surface area contributed by atoms with Gasteiger partial charge in [0.1, 0.15) is 5.82 Å². The molecule has 0 atom stereocenters. The minimum absolute atomic E-state index is 0.0540. The van der Waals surface area contributed by atoms with Crippen molar-refractivity contribution in [1.29, 1.82) is 0 Å². The van der Waals surface area contributed by atoms with Crippen molar-refractivity contribution in [3.8, 4) is 0 Å². The molecule has 1 aromatic heterocycles. The van der Waals surface area contributed by atoms with Crippen LogP contribution >= 0.6 is 0 Å². The highest BCUT2D eigenvalue weighted by molar-refractivity contribution is 5.42. The van der Waals surface area contributed by atoms with Crippen LogP contribution in [-0.4, -0.2) is 37.3 Å². The summed E-state index contributed by atoms with van der Waals surface area (Å²) in [7, 11) is 3.11. The maximum atomic E-state index is 12.7. The summed E-state index contributed by atoms with van der Waals surface area (Å²) in [6.45, 7) is 1.25. The monoisotopic (exact) mass is 292 g/mol. The molecule has 0 unspecified atom stereocenters. The highest BCUT2D eigenvalue weighted by Crippen LogP contribution is 2.29. The molecule has 0 amide bonds. The van der Waals surface area contributed by atoms with Gasteiger partial charge < -0.3 is 15.4 Å². The van der Waals surface area contributed by atoms with Gasteiger partial charge in [0.05, 0.1) is 0 Å². The third-order valence-corrected chi connectivity index (χ3v) is 2.57. The molecule has 8 heteroatoms. The lowest BCUT2D eigenvalue weighted by Crippen LogP contribution is -2.13. The largest absolute Gasteiger partial charge is 0.433 e. The third kappa shape index (κ3) is 5.60. The molecule has 5 nitrogen and oxygen atoms in total. The van der Waals surface area contributed by atoms with E-state index in [2.05, 4.69) is 20.6 Å². The van der Waals surface area contributed by atoms with E-state index >= 15 is 0 Å². The quantitative estimate of drug-likeness (QED) is 0.722. The molecule has 20 heavy (non-hydrogen) atoms. The van der Waals surface area contributed by atoms with Crippen molar-refractivity contribution < 1.29 is 17.9 Å². The van der Waals surface area contributed by atoms with Crippen LogP contribution in [0.25, 0.3) is 0 Å². The van der Waals surface area contributed by atoms with E-state index in [0.717, 1.165) is 25.3 Å². The number of hydrogen-bond donors (Lipinski definition) is 2. The Morgan fingerprint density at radius 1 is 1.20 bits per heavy atom. The zero-order valence-corrected chi connectivity index (χ0v) is 11.5. The SMILES string of the molecule is CNc1nc(NCCCCCOC)cc(C(F)(F)F)n1. The second-order valence-corrected chi connectivity index (χ2v) is 4.19. The van der Waals surface area contributed by atoms with E-state index in [4.69, 9.17) is 4.74 Å². The molecule has 0 bridgehead atoms. The topological polar surface area (TPSA) is 59.1 Å². The summed E-state index contributed by atoms with van der Waals surface area (Å²) >= 11 is 0. The van der Waals surface area contributed by atoms with Crippen molar-refractivity contribution in [1.82, 2.24) is 9.97 Å². The Kier molecular flexibility index (Phi) is 6.50. The van der Waals surface area contributed by atoms with Gasteiger partial charge in [-0.3, -0.25) is 0 Å². The molecule has 1 aromatic rings. The van der Waals surface area contributed by atoms with Crippen molar-refractivity contribution in [2.24, 2.45) is 0 Å². The standard InChI is InChI=1S/C12H19F3N4O/c1-16-11-18-9(12(13,14)15)8-10(19-11)17-6-4-3-5-7-20-2/h8H,3-7H2,1-2H3,(H2,16,17,18,19). The summed E-state index contributed by atoms with van der Waals surface area (Å²) in [6.07, 6.45) is -1.78. The fourth-order valence-corrected chi connectivity index (χ4v) is 1.56. The van der Waals surface area contributed by atoms with E-state index in [1.807, 2.05) is 0 Å². The van der Waals surface area contributed by atoms with Crippen LogP contribution in [0.4, 0.5) is 24.9 Å². The summed E-state index contributed by atoms with van der Waals surface area (Å²) in [4.78, 5) is 7.33. The van der Waals surface area contributed by atoms with Gasteiger partial charge in [-0.15, -0.1) is 0 Å². The molecule has 0 spiro atoms. The minimum atomic E-state index is -4.48. The van der Waals surface area contributed by atoms with E-state index in [1.54, 1.807) is 7.11 Å². The lowest BCUT2D eigenvalue weighted by Gasteiger charge is -2.11. The summed E-state index contributed by atoms with van der Waals surface area (Å²) in [5, 5.41) is 5.40. The van der Waals surface area contributed by atoms with Gasteiger partial charge in [-0.05, 0) is 19.3 Å². The number of anilines is 2. The van der Waals surface area contributed by atoms with Crippen LogP contribution in [0, 0.1) is 0 Å². The molecule has 0 aromatic carbocycles. The molecule has 0 aliphatic carbocycles. The first kappa shape index (κ1) is 16.5. The summed E-state index contributed by atoms with van der Waals surface area (Å²) in [5.74, 6) is 0.116. The van der Waals surface area contributed by atoms with Gasteiger partial charge in [0.15, 0.2) is 5.69 Å². The first-order valence-electron chi connectivity index (χ1n) is 6.34. The Bertz CT molecular complexity index is 412. The van der Waals surface area contributed by atoms with Crippen molar-refractivity contribution in [2.75, 3.05) is 37.9 Å². The fourth-order valence-electron chi connectivity index (χ4n) is 1.56. The smallest absolute Gasteiger partial charge is 0.385 e. The molecular formula is C12H19F3N4O. The maximum absolute atomic E-state index is 12.7. The van der Waals surface area contributed by atoms with E-state index in [9.17, 15) is 13.2 Å². The Morgan fingerprint density at radius 2 is 1.95 bits per heavy atom. The summed E-state index contributed by atoms with van der Waals surface area (Å²) in [6, 6.07) is 0.913. The molecule has 1 heterocycles. The van der Waals surface area contributed by atoms with Crippen LogP contribution in [0.3, 0.4) is 0 Å². The number of rotatable bonds is 8. The molecular weight excluding hydrogens is 273 g/mol. The number of methoxy groups -OCH3 is 1. The van der Waals surface area contributed by atoms with Crippen LogP contribution in [-0.2, 0) is 10.9 Å². The van der Waals surface area contributed by atoms with Crippen LogP contribution in [0.15, 0.2) is 6.07 Å². The van der Waals surface area contributed by atoms with Gasteiger partial charge in [-0.2, -0.15) is 18.2 Å². The molecule has 114 valence electrons. The van der Waals surface area contributed by atoms with Crippen LogP contribution in [0.2, 0.25) is 0 Å². The van der Waals surface area contributed by atoms with Crippen molar-refractivity contribution in [3.63, 3.8) is 0 Å². The van der Waals surface area contributed by atoms with Crippen LogP contribution < -0.4 is 10.6 Å². The van der Waals surface area contributed by atoms with E-state index in [1.165, 1.54) is 7.05 Å². The van der Waals surface area contributed by atoms with Gasteiger partial charge in [-0.1, -0.05) is 0 Å². The number of aromatic nitrogens is 2. The molecule has 0 aliphatic heterocycles. The third-order valence-electron chi connectivity index (χ3n) is 2.57. The number of nitrogens with zero attached hydrogens (tertiary/aromatic N) is 2. The Balaban J connectivity index is 2.56. The number of halogens is 3. The maximum Gasteiger partial charge on any atom is 0.433 e. The minimum Gasteiger partial charge on any atom is -0.385 e. The van der Waals surface area contributed by atoms with Crippen LogP contribution in [0.1, 0.15) is 25.0 Å². The van der Waals surface area contributed by atoms with E-state index in [0.29, 0.717) is 13.2 Å². The van der Waals surface area contributed by atoms with Gasteiger partial charge in [-0.25, -0.2) is 4.98 Å². The van der Waals surface area contributed by atoms with E-state index in [-0.39, 0.29) is 11.8 Å². The second-order valence-electron chi connectivity index (χ2n) is 4.19. The predicted octanol–water partition coefficient (Wildman–Crippen LogP) is 2.77. The Labute approximate surface area is 116 Å². The highest BCUT2D eigenvalue weighted by Gasteiger charge is 2.33. The predicted molar refractivity (Wildman–Crippen MR) is 70.8 cm³/mol. The normalized spacial score (nSPS) is 11.4. The number of hydrogen-bond acceptors (Lipinski definition) is 5. The Hall–Kier alpha value is -1.57. The zero-order chi connectivity index (χ0) is 15.0. The molecule has 0 saturated carbocycles. The van der Waals surface area contributed by atoms with Crippen molar-refractivity contribution in [3.05, 3.63) is 11.8 Å². The average molecular weight is 292 g/mol. The highest BCUT2D eigenvalue weighted by atomic mass is 19.4. The first-order chi connectivity index (χ1) is 9.47. The second kappa shape index (κ2) is 7.88. The van der Waals surface area contributed by atoms with Gasteiger partial charge in [0.25, 0.3) is 0 Å². The summed E-state index contributed by atoms with van der Waals surface area (Å²) in [5.41, 5.74) is -0.960. The Morgan fingerprint density at radius 3 is 2.55 bits per heavy atom. The van der Waals surface area contributed by atoms with Crippen molar-refractivity contribution >= 4 is 11.8 Å². The van der Waals surface area contributed by atoms with Gasteiger partial charge >= 0.3 is 6.18 Å². The lowest BCUT2D eigenvalue weighted by molar-refractivity contribution is -0.141. The molecule has 2 N–H and O–H groups in total. The molecule has 0 fully saturated rings. The molecule has 0 aliphatic rings. The first-order valence-corrected chi connectivity index (χ1v) is 6.34. The summed E-state index contributed by atoms with van der Waals surface area (Å²) < 4.78 is 42.9. The fraction of sp³-hybridized carbons (Fsp3) is 0.667. The lowest BCUT2D eigenvalue weighted by atomic mass is 10.2. The molecule has 1 rings (SSSR count). The number of ether oxygens (including phenoxy) is 1. The zero-order valence-electron chi connectivity index (χ0n) is 11.5. The number of unbranched alkanes of at least 4 members (excludes halogenated alkanes) is 2.